The normalized spacial score (nSPS) is 10.6. The van der Waals surface area contributed by atoms with E-state index in [0.717, 1.165) is 23.2 Å². The lowest BCUT2D eigenvalue weighted by molar-refractivity contribution is -0.111. The number of rotatable bonds is 6. The second-order valence-corrected chi connectivity index (χ2v) is 4.92. The molecule has 4 heteroatoms. The molecule has 0 saturated carbocycles. The SMILES string of the molecule is CCc1ccccc1NC(=O)C=Cc1cccc(OC)c1OC. The molecule has 0 radical (unpaired) electrons. The predicted molar refractivity (Wildman–Crippen MR) is 93.0 cm³/mol. The summed E-state index contributed by atoms with van der Waals surface area (Å²) in [4.78, 5) is 12.1. The summed E-state index contributed by atoms with van der Waals surface area (Å²) in [6, 6.07) is 13.3. The molecular formula is C19H21NO3. The zero-order valence-electron chi connectivity index (χ0n) is 13.6. The average Bonchev–Trinajstić information content (AvgIpc) is 2.59. The zero-order valence-corrected chi connectivity index (χ0v) is 13.6. The third kappa shape index (κ3) is 4.13. The van der Waals surface area contributed by atoms with Crippen LogP contribution >= 0.6 is 0 Å². The van der Waals surface area contributed by atoms with Crippen LogP contribution in [0.1, 0.15) is 18.1 Å². The van der Waals surface area contributed by atoms with Gasteiger partial charge >= 0.3 is 0 Å². The summed E-state index contributed by atoms with van der Waals surface area (Å²) in [6.45, 7) is 2.06. The van der Waals surface area contributed by atoms with Crippen molar-refractivity contribution in [1.29, 1.82) is 0 Å². The molecule has 0 aliphatic rings. The van der Waals surface area contributed by atoms with Gasteiger partial charge in [0, 0.05) is 17.3 Å². The fourth-order valence-electron chi connectivity index (χ4n) is 2.33. The van der Waals surface area contributed by atoms with Crippen LogP contribution in [-0.4, -0.2) is 20.1 Å². The van der Waals surface area contributed by atoms with Gasteiger partial charge in [-0.2, -0.15) is 0 Å². The van der Waals surface area contributed by atoms with Gasteiger partial charge in [-0.05, 0) is 30.2 Å². The Morgan fingerprint density at radius 1 is 1.09 bits per heavy atom. The fraction of sp³-hybridized carbons (Fsp3) is 0.211. The van der Waals surface area contributed by atoms with Gasteiger partial charge in [-0.25, -0.2) is 0 Å². The standard InChI is InChI=1S/C19H21NO3/c1-4-14-8-5-6-10-16(14)20-18(21)13-12-15-9-7-11-17(22-2)19(15)23-3/h5-13H,4H2,1-3H3,(H,20,21). The van der Waals surface area contributed by atoms with Crippen LogP contribution in [0, 0.1) is 0 Å². The van der Waals surface area contributed by atoms with Gasteiger partial charge in [-0.15, -0.1) is 0 Å². The average molecular weight is 311 g/mol. The summed E-state index contributed by atoms with van der Waals surface area (Å²) in [6.07, 6.45) is 4.07. The minimum Gasteiger partial charge on any atom is -0.493 e. The summed E-state index contributed by atoms with van der Waals surface area (Å²) in [5.41, 5.74) is 2.72. The molecule has 0 atom stereocenters. The van der Waals surface area contributed by atoms with Crippen LogP contribution < -0.4 is 14.8 Å². The first kappa shape index (κ1) is 16.6. The Balaban J connectivity index is 2.16. The Hall–Kier alpha value is -2.75. The molecule has 2 aromatic carbocycles. The van der Waals surface area contributed by atoms with E-state index in [0.29, 0.717) is 11.5 Å². The number of hydrogen-bond acceptors (Lipinski definition) is 3. The van der Waals surface area contributed by atoms with Crippen LogP contribution in [0.2, 0.25) is 0 Å². The van der Waals surface area contributed by atoms with Crippen molar-refractivity contribution in [3.63, 3.8) is 0 Å². The number of ether oxygens (including phenoxy) is 2. The minimum absolute atomic E-state index is 0.184. The lowest BCUT2D eigenvalue weighted by Gasteiger charge is -2.10. The Kier molecular flexibility index (Phi) is 5.80. The Morgan fingerprint density at radius 3 is 2.57 bits per heavy atom. The topological polar surface area (TPSA) is 47.6 Å². The molecule has 0 saturated heterocycles. The number of nitrogens with one attached hydrogen (secondary N) is 1. The van der Waals surface area contributed by atoms with Gasteiger partial charge in [0.1, 0.15) is 0 Å². The first-order chi connectivity index (χ1) is 11.2. The molecule has 0 unspecified atom stereocenters. The van der Waals surface area contributed by atoms with Crippen molar-refractivity contribution >= 4 is 17.7 Å². The Morgan fingerprint density at radius 2 is 1.87 bits per heavy atom. The van der Waals surface area contributed by atoms with Crippen LogP contribution in [0.25, 0.3) is 6.08 Å². The number of carbonyl (C=O) groups excluding carboxylic acids is 1. The molecule has 0 bridgehead atoms. The van der Waals surface area contributed by atoms with Crippen LogP contribution in [0.3, 0.4) is 0 Å². The van der Waals surface area contributed by atoms with Crippen molar-refractivity contribution in [2.45, 2.75) is 13.3 Å². The van der Waals surface area contributed by atoms with Gasteiger partial charge in [-0.3, -0.25) is 4.79 Å². The van der Waals surface area contributed by atoms with Crippen LogP contribution in [0.4, 0.5) is 5.69 Å². The second kappa shape index (κ2) is 8.03. The molecule has 0 spiro atoms. The third-order valence-electron chi connectivity index (χ3n) is 3.50. The van der Waals surface area contributed by atoms with E-state index in [9.17, 15) is 4.79 Å². The Bertz CT molecular complexity index is 708. The maximum atomic E-state index is 12.1. The molecule has 0 aromatic heterocycles. The maximum absolute atomic E-state index is 12.1. The molecule has 0 aliphatic heterocycles. The van der Waals surface area contributed by atoms with Gasteiger partial charge in [0.2, 0.25) is 5.91 Å². The largest absolute Gasteiger partial charge is 0.493 e. The van der Waals surface area contributed by atoms with E-state index in [-0.39, 0.29) is 5.91 Å². The van der Waals surface area contributed by atoms with Crippen LogP contribution in [-0.2, 0) is 11.2 Å². The highest BCUT2D eigenvalue weighted by atomic mass is 16.5. The van der Waals surface area contributed by atoms with Crippen molar-refractivity contribution in [3.05, 3.63) is 59.7 Å². The fourth-order valence-corrected chi connectivity index (χ4v) is 2.33. The molecule has 0 fully saturated rings. The van der Waals surface area contributed by atoms with E-state index in [1.54, 1.807) is 20.3 Å². The molecule has 23 heavy (non-hydrogen) atoms. The monoisotopic (exact) mass is 311 g/mol. The minimum atomic E-state index is -0.184. The number of para-hydroxylation sites is 2. The first-order valence-corrected chi connectivity index (χ1v) is 7.47. The lowest BCUT2D eigenvalue weighted by Crippen LogP contribution is -2.09. The van der Waals surface area contributed by atoms with E-state index in [2.05, 4.69) is 12.2 Å². The number of amides is 1. The molecule has 1 N–H and O–H groups in total. The molecular weight excluding hydrogens is 290 g/mol. The van der Waals surface area contributed by atoms with E-state index >= 15 is 0 Å². The van der Waals surface area contributed by atoms with E-state index in [1.807, 2.05) is 42.5 Å². The number of aryl methyl sites for hydroxylation is 1. The van der Waals surface area contributed by atoms with E-state index in [1.165, 1.54) is 6.08 Å². The molecule has 0 heterocycles. The Labute approximate surface area is 136 Å². The van der Waals surface area contributed by atoms with Crippen LogP contribution in [0.5, 0.6) is 11.5 Å². The quantitative estimate of drug-likeness (QED) is 0.823. The number of anilines is 1. The number of methoxy groups -OCH3 is 2. The maximum Gasteiger partial charge on any atom is 0.248 e. The summed E-state index contributed by atoms with van der Waals surface area (Å²) in [5.74, 6) is 1.05. The van der Waals surface area contributed by atoms with E-state index in [4.69, 9.17) is 9.47 Å². The zero-order chi connectivity index (χ0) is 16.7. The highest BCUT2D eigenvalue weighted by molar-refractivity contribution is 6.02. The van der Waals surface area contributed by atoms with Crippen molar-refractivity contribution in [1.82, 2.24) is 0 Å². The van der Waals surface area contributed by atoms with Crippen LogP contribution in [0.15, 0.2) is 48.5 Å². The lowest BCUT2D eigenvalue weighted by atomic mass is 10.1. The van der Waals surface area contributed by atoms with Crippen molar-refractivity contribution in [2.75, 3.05) is 19.5 Å². The number of carbonyl (C=O) groups is 1. The molecule has 1 amide bonds. The molecule has 120 valence electrons. The molecule has 4 nitrogen and oxygen atoms in total. The molecule has 0 aliphatic carbocycles. The van der Waals surface area contributed by atoms with Gasteiger partial charge in [0.05, 0.1) is 14.2 Å². The third-order valence-corrected chi connectivity index (χ3v) is 3.50. The smallest absolute Gasteiger partial charge is 0.248 e. The highest BCUT2D eigenvalue weighted by Crippen LogP contribution is 2.31. The first-order valence-electron chi connectivity index (χ1n) is 7.47. The number of benzene rings is 2. The van der Waals surface area contributed by atoms with Crippen molar-refractivity contribution in [3.8, 4) is 11.5 Å². The predicted octanol–water partition coefficient (Wildman–Crippen LogP) is 3.92. The second-order valence-electron chi connectivity index (χ2n) is 4.92. The summed E-state index contributed by atoms with van der Waals surface area (Å²) in [5, 5.41) is 2.90. The van der Waals surface area contributed by atoms with Gasteiger partial charge < -0.3 is 14.8 Å². The van der Waals surface area contributed by atoms with Gasteiger partial charge in [0.15, 0.2) is 11.5 Å². The highest BCUT2D eigenvalue weighted by Gasteiger charge is 2.08. The summed E-state index contributed by atoms with van der Waals surface area (Å²) in [7, 11) is 3.16. The molecule has 2 aromatic rings. The number of hydrogen-bond donors (Lipinski definition) is 1. The van der Waals surface area contributed by atoms with E-state index < -0.39 is 0 Å². The van der Waals surface area contributed by atoms with Gasteiger partial charge in [0.25, 0.3) is 0 Å². The van der Waals surface area contributed by atoms with Gasteiger partial charge in [-0.1, -0.05) is 37.3 Å². The molecule has 2 rings (SSSR count). The van der Waals surface area contributed by atoms with Crippen molar-refractivity contribution in [2.24, 2.45) is 0 Å². The van der Waals surface area contributed by atoms with Crippen molar-refractivity contribution < 1.29 is 14.3 Å². The summed E-state index contributed by atoms with van der Waals surface area (Å²) < 4.78 is 10.6. The summed E-state index contributed by atoms with van der Waals surface area (Å²) >= 11 is 0.